The van der Waals surface area contributed by atoms with Gasteiger partial charge in [0.1, 0.15) is 0 Å². The molecule has 0 spiro atoms. The van der Waals surface area contributed by atoms with Gasteiger partial charge in [-0.2, -0.15) is 0 Å². The Morgan fingerprint density at radius 1 is 1.53 bits per heavy atom. The number of benzene rings is 1. The number of halogens is 2. The van der Waals surface area contributed by atoms with E-state index < -0.39 is 0 Å². The van der Waals surface area contributed by atoms with Gasteiger partial charge in [-0.15, -0.1) is 0 Å². The Hall–Kier alpha value is -0.0900. The quantitative estimate of drug-likeness (QED) is 0.818. The maximum absolute atomic E-state index is 9.08. The van der Waals surface area contributed by atoms with Crippen molar-refractivity contribution < 1.29 is 5.11 Å². The average molecular weight is 293 g/mol. The first-order valence-electron chi connectivity index (χ1n) is 4.92. The number of hydrogen-bond acceptors (Lipinski definition) is 2. The van der Waals surface area contributed by atoms with Gasteiger partial charge in [0.25, 0.3) is 0 Å². The number of aliphatic hydroxyl groups is 1. The second-order valence-electron chi connectivity index (χ2n) is 3.55. The van der Waals surface area contributed by atoms with Crippen LogP contribution in [0.15, 0.2) is 22.7 Å². The zero-order chi connectivity index (χ0) is 11.3. The van der Waals surface area contributed by atoms with Crippen molar-refractivity contribution in [1.29, 1.82) is 0 Å². The van der Waals surface area contributed by atoms with Crippen LogP contribution >= 0.6 is 27.5 Å². The Morgan fingerprint density at radius 3 is 2.93 bits per heavy atom. The summed E-state index contributed by atoms with van der Waals surface area (Å²) in [6.07, 6.45) is 0.512. The molecule has 4 heteroatoms. The summed E-state index contributed by atoms with van der Waals surface area (Å²) in [6, 6.07) is 5.72. The zero-order valence-corrected chi connectivity index (χ0v) is 11.0. The lowest BCUT2D eigenvalue weighted by atomic mass is 10.2. The van der Waals surface area contributed by atoms with Gasteiger partial charge in [0, 0.05) is 16.0 Å². The summed E-state index contributed by atoms with van der Waals surface area (Å²) in [5.41, 5.74) is 1.13. The van der Waals surface area contributed by atoms with Crippen LogP contribution in [-0.2, 0) is 6.54 Å². The highest BCUT2D eigenvalue weighted by Crippen LogP contribution is 2.20. The van der Waals surface area contributed by atoms with Crippen LogP contribution in [0.1, 0.15) is 18.9 Å². The minimum Gasteiger partial charge on any atom is -0.393 e. The Balaban J connectivity index is 2.40. The van der Waals surface area contributed by atoms with Gasteiger partial charge in [-0.05, 0) is 43.7 Å². The van der Waals surface area contributed by atoms with E-state index in [1.807, 2.05) is 18.2 Å². The monoisotopic (exact) mass is 291 g/mol. The van der Waals surface area contributed by atoms with E-state index in [1.165, 1.54) is 0 Å². The van der Waals surface area contributed by atoms with E-state index in [2.05, 4.69) is 21.2 Å². The molecule has 1 aromatic rings. The lowest BCUT2D eigenvalue weighted by Gasteiger charge is -2.08. The summed E-state index contributed by atoms with van der Waals surface area (Å²) in [7, 11) is 0. The van der Waals surface area contributed by atoms with Crippen LogP contribution in [0.4, 0.5) is 0 Å². The number of nitrogens with one attached hydrogen (secondary N) is 1. The molecule has 2 N–H and O–H groups in total. The first-order valence-corrected chi connectivity index (χ1v) is 6.09. The van der Waals surface area contributed by atoms with E-state index >= 15 is 0 Å². The molecule has 0 aliphatic heterocycles. The molecule has 0 fully saturated rings. The molecule has 1 rings (SSSR count). The van der Waals surface area contributed by atoms with Crippen molar-refractivity contribution in [2.45, 2.75) is 26.0 Å². The van der Waals surface area contributed by atoms with E-state index in [-0.39, 0.29) is 6.10 Å². The zero-order valence-electron chi connectivity index (χ0n) is 8.63. The van der Waals surface area contributed by atoms with Gasteiger partial charge in [-0.3, -0.25) is 0 Å². The molecule has 1 atom stereocenters. The van der Waals surface area contributed by atoms with Crippen LogP contribution in [0, 0.1) is 0 Å². The standard InChI is InChI=1S/C11H15BrClNO/c1-8(15)4-5-14-7-9-6-10(13)2-3-11(9)12/h2-3,6,8,14-15H,4-5,7H2,1H3/t8-/m1/s1. The van der Waals surface area contributed by atoms with Crippen molar-refractivity contribution in [3.05, 3.63) is 33.3 Å². The Kier molecular flexibility index (Phi) is 5.61. The third kappa shape index (κ3) is 4.98. The first-order chi connectivity index (χ1) is 7.09. The fourth-order valence-corrected chi connectivity index (χ4v) is 1.79. The molecule has 0 radical (unpaired) electrons. The molecule has 0 saturated heterocycles. The minimum atomic E-state index is -0.250. The van der Waals surface area contributed by atoms with Gasteiger partial charge in [-0.25, -0.2) is 0 Å². The number of rotatable bonds is 5. The maximum Gasteiger partial charge on any atom is 0.0524 e. The average Bonchev–Trinajstić information content (AvgIpc) is 2.17. The first kappa shape index (κ1) is 13.0. The van der Waals surface area contributed by atoms with Gasteiger partial charge < -0.3 is 10.4 Å². The van der Waals surface area contributed by atoms with Crippen LogP contribution in [0.5, 0.6) is 0 Å². The molecule has 1 aromatic carbocycles. The highest BCUT2D eigenvalue weighted by atomic mass is 79.9. The predicted octanol–water partition coefficient (Wildman–Crippen LogP) is 2.96. The van der Waals surface area contributed by atoms with E-state index in [0.717, 1.165) is 34.6 Å². The van der Waals surface area contributed by atoms with Crippen LogP contribution < -0.4 is 5.32 Å². The summed E-state index contributed by atoms with van der Waals surface area (Å²) in [5, 5.41) is 13.1. The number of hydrogen-bond donors (Lipinski definition) is 2. The van der Waals surface area contributed by atoms with Crippen LogP contribution in [0.3, 0.4) is 0 Å². The van der Waals surface area contributed by atoms with Gasteiger partial charge >= 0.3 is 0 Å². The molecule has 0 aliphatic rings. The van der Waals surface area contributed by atoms with Crippen LogP contribution in [0.2, 0.25) is 5.02 Å². The fraction of sp³-hybridized carbons (Fsp3) is 0.455. The molecule has 0 aromatic heterocycles. The largest absolute Gasteiger partial charge is 0.393 e. The highest BCUT2D eigenvalue weighted by Gasteiger charge is 2.01. The Bertz CT molecular complexity index is 317. The third-order valence-electron chi connectivity index (χ3n) is 2.06. The lowest BCUT2D eigenvalue weighted by Crippen LogP contribution is -2.18. The second kappa shape index (κ2) is 6.48. The molecule has 0 amide bonds. The van der Waals surface area contributed by atoms with Crippen molar-refractivity contribution in [3.63, 3.8) is 0 Å². The van der Waals surface area contributed by atoms with E-state index in [4.69, 9.17) is 16.7 Å². The van der Waals surface area contributed by atoms with Crippen molar-refractivity contribution in [2.24, 2.45) is 0 Å². The van der Waals surface area contributed by atoms with Gasteiger partial charge in [0.05, 0.1) is 6.10 Å². The fourth-order valence-electron chi connectivity index (χ4n) is 1.21. The van der Waals surface area contributed by atoms with Crippen molar-refractivity contribution >= 4 is 27.5 Å². The molecule has 84 valence electrons. The van der Waals surface area contributed by atoms with Crippen molar-refractivity contribution in [3.8, 4) is 0 Å². The molecule has 0 heterocycles. The van der Waals surface area contributed by atoms with Crippen molar-refractivity contribution in [2.75, 3.05) is 6.54 Å². The number of aliphatic hydroxyl groups excluding tert-OH is 1. The lowest BCUT2D eigenvalue weighted by molar-refractivity contribution is 0.183. The topological polar surface area (TPSA) is 32.3 Å². The highest BCUT2D eigenvalue weighted by molar-refractivity contribution is 9.10. The molecular weight excluding hydrogens is 277 g/mol. The van der Waals surface area contributed by atoms with E-state index in [0.29, 0.717) is 0 Å². The normalized spacial score (nSPS) is 12.8. The Labute approximate surface area is 104 Å². The Morgan fingerprint density at radius 2 is 2.27 bits per heavy atom. The maximum atomic E-state index is 9.08. The van der Waals surface area contributed by atoms with E-state index in [1.54, 1.807) is 6.92 Å². The smallest absolute Gasteiger partial charge is 0.0524 e. The van der Waals surface area contributed by atoms with Crippen LogP contribution in [0.25, 0.3) is 0 Å². The molecule has 0 aliphatic carbocycles. The summed E-state index contributed by atoms with van der Waals surface area (Å²) >= 11 is 9.35. The summed E-state index contributed by atoms with van der Waals surface area (Å²) in [4.78, 5) is 0. The molecule has 2 nitrogen and oxygen atoms in total. The summed E-state index contributed by atoms with van der Waals surface area (Å²) < 4.78 is 1.05. The molecule has 0 bridgehead atoms. The van der Waals surface area contributed by atoms with E-state index in [9.17, 15) is 0 Å². The minimum absolute atomic E-state index is 0.250. The molecular formula is C11H15BrClNO. The summed E-state index contributed by atoms with van der Waals surface area (Å²) in [5.74, 6) is 0. The predicted molar refractivity (Wildman–Crippen MR) is 67.2 cm³/mol. The SMILES string of the molecule is C[C@@H](O)CCNCc1cc(Cl)ccc1Br. The molecule has 0 unspecified atom stereocenters. The molecule has 0 saturated carbocycles. The van der Waals surface area contributed by atoms with Crippen LogP contribution in [-0.4, -0.2) is 17.8 Å². The third-order valence-corrected chi connectivity index (χ3v) is 3.07. The van der Waals surface area contributed by atoms with Gasteiger partial charge in [0.2, 0.25) is 0 Å². The molecule has 15 heavy (non-hydrogen) atoms. The summed E-state index contributed by atoms with van der Waals surface area (Å²) in [6.45, 7) is 3.35. The van der Waals surface area contributed by atoms with Gasteiger partial charge in [0.15, 0.2) is 0 Å². The van der Waals surface area contributed by atoms with Gasteiger partial charge in [-0.1, -0.05) is 27.5 Å². The second-order valence-corrected chi connectivity index (χ2v) is 4.84. The van der Waals surface area contributed by atoms with Crippen molar-refractivity contribution in [1.82, 2.24) is 5.32 Å².